The first-order valence-corrected chi connectivity index (χ1v) is 5.95. The van der Waals surface area contributed by atoms with Crippen molar-refractivity contribution in [1.82, 2.24) is 9.55 Å². The summed E-state index contributed by atoms with van der Waals surface area (Å²) in [7, 11) is 0. The van der Waals surface area contributed by atoms with Crippen LogP contribution >= 0.6 is 0 Å². The predicted molar refractivity (Wildman–Crippen MR) is 64.9 cm³/mol. The van der Waals surface area contributed by atoms with Gasteiger partial charge in [-0.15, -0.1) is 0 Å². The summed E-state index contributed by atoms with van der Waals surface area (Å²) in [5.74, 6) is 0. The highest BCUT2D eigenvalue weighted by molar-refractivity contribution is 5.06. The van der Waals surface area contributed by atoms with E-state index in [0.29, 0.717) is 0 Å². The number of rotatable bonds is 3. The number of aromatic amines is 1. The molecule has 9 nitrogen and oxygen atoms in total. The second-order valence-corrected chi connectivity index (χ2v) is 4.86. The van der Waals surface area contributed by atoms with Crippen LogP contribution in [-0.4, -0.2) is 54.4 Å². The quantitative estimate of drug-likeness (QED) is 0.399. The minimum Gasteiger partial charge on any atom is -0.394 e. The van der Waals surface area contributed by atoms with E-state index < -0.39 is 48.5 Å². The van der Waals surface area contributed by atoms with E-state index in [1.807, 2.05) is 4.98 Å². The summed E-state index contributed by atoms with van der Waals surface area (Å²) in [4.78, 5) is 25.1. The Hall–Kier alpha value is -1.52. The Morgan fingerprint density at radius 1 is 1.45 bits per heavy atom. The number of aromatic nitrogens is 2. The smallest absolute Gasteiger partial charge is 0.330 e. The van der Waals surface area contributed by atoms with Crippen LogP contribution in [0.2, 0.25) is 0 Å². The summed E-state index contributed by atoms with van der Waals surface area (Å²) in [6.07, 6.45) is -2.73. The van der Waals surface area contributed by atoms with E-state index in [0.717, 1.165) is 10.8 Å². The molecular weight excluding hydrogens is 272 g/mol. The standard InChI is InChI=1S/C11H16N2O7/c1-11(19)7(16)6(4-15)20-9(11)13-2-5(3-14)8(17)12-10(13)18/h2,6-7,9,14-16,19H,3-4H2,1H3,(H,12,17,18)/t6-,7?,9-,11+/m1/s1. The molecule has 0 bridgehead atoms. The molecule has 5 N–H and O–H groups in total. The molecule has 20 heavy (non-hydrogen) atoms. The molecule has 0 saturated carbocycles. The average Bonchev–Trinajstić information content (AvgIpc) is 2.62. The van der Waals surface area contributed by atoms with Crippen LogP contribution in [0.4, 0.5) is 0 Å². The average molecular weight is 288 g/mol. The number of H-pyrrole nitrogens is 1. The van der Waals surface area contributed by atoms with Crippen molar-refractivity contribution in [2.24, 2.45) is 0 Å². The van der Waals surface area contributed by atoms with Crippen LogP contribution in [0.5, 0.6) is 0 Å². The van der Waals surface area contributed by atoms with Crippen molar-refractivity contribution in [3.8, 4) is 0 Å². The van der Waals surface area contributed by atoms with Gasteiger partial charge >= 0.3 is 5.69 Å². The first-order valence-electron chi connectivity index (χ1n) is 5.95. The number of hydrogen-bond acceptors (Lipinski definition) is 7. The lowest BCUT2D eigenvalue weighted by Crippen LogP contribution is -2.47. The van der Waals surface area contributed by atoms with Crippen LogP contribution in [0.3, 0.4) is 0 Å². The minimum atomic E-state index is -1.85. The van der Waals surface area contributed by atoms with Gasteiger partial charge in [-0.25, -0.2) is 4.79 Å². The molecule has 9 heteroatoms. The molecular formula is C11H16N2O7. The number of aliphatic hydroxyl groups excluding tert-OH is 3. The van der Waals surface area contributed by atoms with Gasteiger partial charge in [0.1, 0.15) is 17.8 Å². The number of aliphatic hydroxyl groups is 4. The molecule has 1 aliphatic heterocycles. The van der Waals surface area contributed by atoms with Crippen molar-refractivity contribution in [2.45, 2.75) is 37.6 Å². The Morgan fingerprint density at radius 2 is 2.10 bits per heavy atom. The lowest BCUT2D eigenvalue weighted by molar-refractivity contribution is -0.0989. The minimum absolute atomic E-state index is 0.0917. The summed E-state index contributed by atoms with van der Waals surface area (Å²) >= 11 is 0. The third-order valence-corrected chi connectivity index (χ3v) is 3.40. The Morgan fingerprint density at radius 3 is 2.60 bits per heavy atom. The fraction of sp³-hybridized carbons (Fsp3) is 0.636. The normalized spacial score (nSPS) is 33.5. The van der Waals surface area contributed by atoms with Crippen LogP contribution in [-0.2, 0) is 11.3 Å². The zero-order chi connectivity index (χ0) is 15.1. The molecule has 0 aliphatic carbocycles. The van der Waals surface area contributed by atoms with Crippen LogP contribution < -0.4 is 11.2 Å². The Labute approximate surface area is 112 Å². The van der Waals surface area contributed by atoms with Gasteiger partial charge in [0.25, 0.3) is 5.56 Å². The fourth-order valence-corrected chi connectivity index (χ4v) is 2.20. The number of nitrogens with zero attached hydrogens (tertiary/aromatic N) is 1. The van der Waals surface area contributed by atoms with Gasteiger partial charge in [0.15, 0.2) is 6.23 Å². The topological polar surface area (TPSA) is 145 Å². The molecule has 0 amide bonds. The molecule has 1 aromatic rings. The van der Waals surface area contributed by atoms with E-state index in [1.165, 1.54) is 6.92 Å². The summed E-state index contributed by atoms with van der Waals surface area (Å²) in [5.41, 5.74) is -3.54. The number of hydrogen-bond donors (Lipinski definition) is 5. The molecule has 2 rings (SSSR count). The largest absolute Gasteiger partial charge is 0.394 e. The first-order chi connectivity index (χ1) is 9.32. The van der Waals surface area contributed by atoms with E-state index in [2.05, 4.69) is 0 Å². The van der Waals surface area contributed by atoms with Gasteiger partial charge in [-0.1, -0.05) is 0 Å². The van der Waals surface area contributed by atoms with Gasteiger partial charge in [0.2, 0.25) is 0 Å². The maximum absolute atomic E-state index is 11.8. The molecule has 0 radical (unpaired) electrons. The van der Waals surface area contributed by atoms with Gasteiger partial charge < -0.3 is 25.2 Å². The van der Waals surface area contributed by atoms with Crippen molar-refractivity contribution in [3.63, 3.8) is 0 Å². The van der Waals surface area contributed by atoms with Gasteiger partial charge in [-0.05, 0) is 6.92 Å². The lowest BCUT2D eigenvalue weighted by Gasteiger charge is -2.27. The lowest BCUT2D eigenvalue weighted by atomic mass is 9.96. The fourth-order valence-electron chi connectivity index (χ4n) is 2.20. The van der Waals surface area contributed by atoms with Crippen LogP contribution in [0, 0.1) is 0 Å². The Balaban J connectivity index is 2.52. The highest BCUT2D eigenvalue weighted by Gasteiger charge is 2.53. The van der Waals surface area contributed by atoms with Crippen molar-refractivity contribution in [2.75, 3.05) is 6.61 Å². The van der Waals surface area contributed by atoms with Crippen molar-refractivity contribution in [1.29, 1.82) is 0 Å². The van der Waals surface area contributed by atoms with Crippen molar-refractivity contribution >= 4 is 0 Å². The molecule has 2 heterocycles. The van der Waals surface area contributed by atoms with Gasteiger partial charge in [0, 0.05) is 6.20 Å². The van der Waals surface area contributed by atoms with Gasteiger partial charge in [-0.3, -0.25) is 14.3 Å². The Bertz CT molecular complexity index is 606. The number of ether oxygens (including phenoxy) is 1. The van der Waals surface area contributed by atoms with E-state index in [4.69, 9.17) is 14.9 Å². The van der Waals surface area contributed by atoms with Crippen LogP contribution in [0.1, 0.15) is 18.7 Å². The molecule has 1 aromatic heterocycles. The molecule has 1 saturated heterocycles. The maximum atomic E-state index is 11.8. The summed E-state index contributed by atoms with van der Waals surface area (Å²) in [6.45, 7) is 0.101. The third-order valence-electron chi connectivity index (χ3n) is 3.40. The molecule has 0 spiro atoms. The number of nitrogens with one attached hydrogen (secondary N) is 1. The molecule has 1 unspecified atom stereocenters. The van der Waals surface area contributed by atoms with E-state index in [1.54, 1.807) is 0 Å². The van der Waals surface area contributed by atoms with Crippen molar-refractivity contribution < 1.29 is 25.2 Å². The highest BCUT2D eigenvalue weighted by Crippen LogP contribution is 2.37. The van der Waals surface area contributed by atoms with E-state index in [9.17, 15) is 19.8 Å². The van der Waals surface area contributed by atoms with Crippen molar-refractivity contribution in [3.05, 3.63) is 32.6 Å². The second-order valence-electron chi connectivity index (χ2n) is 4.86. The van der Waals surface area contributed by atoms with Gasteiger partial charge in [-0.2, -0.15) is 0 Å². The third kappa shape index (κ3) is 2.19. The van der Waals surface area contributed by atoms with Crippen LogP contribution in [0.25, 0.3) is 0 Å². The van der Waals surface area contributed by atoms with E-state index in [-0.39, 0.29) is 5.56 Å². The molecule has 112 valence electrons. The zero-order valence-electron chi connectivity index (χ0n) is 10.7. The SMILES string of the molecule is C[C@]1(O)C(O)[C@@H](CO)O[C@H]1n1cc(CO)c(=O)[nH]c1=O. The monoisotopic (exact) mass is 288 g/mol. The van der Waals surface area contributed by atoms with Crippen LogP contribution in [0.15, 0.2) is 15.8 Å². The summed E-state index contributed by atoms with van der Waals surface area (Å²) < 4.78 is 6.12. The summed E-state index contributed by atoms with van der Waals surface area (Å²) in [5, 5.41) is 38.2. The zero-order valence-corrected chi connectivity index (χ0v) is 10.7. The van der Waals surface area contributed by atoms with Gasteiger partial charge in [0.05, 0.1) is 18.8 Å². The molecule has 1 aliphatic rings. The predicted octanol–water partition coefficient (Wildman–Crippen LogP) is -2.97. The van der Waals surface area contributed by atoms with E-state index >= 15 is 0 Å². The molecule has 0 aromatic carbocycles. The molecule has 1 fully saturated rings. The highest BCUT2D eigenvalue weighted by atomic mass is 16.6. The Kier molecular flexibility index (Phi) is 3.80. The molecule has 4 atom stereocenters. The maximum Gasteiger partial charge on any atom is 0.330 e. The second kappa shape index (κ2) is 5.11. The first kappa shape index (κ1) is 14.9. The summed E-state index contributed by atoms with van der Waals surface area (Å²) in [6, 6.07) is 0.